The number of amides is 2. The van der Waals surface area contributed by atoms with Crippen LogP contribution in [0.4, 0.5) is 5.69 Å². The largest absolute Gasteiger partial charge is 0.490 e. The molecule has 38 heavy (non-hydrogen) atoms. The monoisotopic (exact) mass is 533 g/mol. The van der Waals surface area contributed by atoms with Gasteiger partial charge >= 0.3 is 0 Å². The first kappa shape index (κ1) is 26.4. The van der Waals surface area contributed by atoms with Crippen LogP contribution in [0.2, 0.25) is 0 Å². The fraction of sp³-hybridized carbons (Fsp3) is 0.433. The molecule has 2 aromatic carbocycles. The van der Waals surface area contributed by atoms with Gasteiger partial charge in [0.05, 0.1) is 17.2 Å². The summed E-state index contributed by atoms with van der Waals surface area (Å²) in [5.41, 5.74) is 1.68. The summed E-state index contributed by atoms with van der Waals surface area (Å²) in [5.74, 6) is 1.10. The number of thioether (sulfide) groups is 1. The van der Waals surface area contributed by atoms with E-state index in [4.69, 9.17) is 14.5 Å². The van der Waals surface area contributed by atoms with Gasteiger partial charge < -0.3 is 14.4 Å². The Labute approximate surface area is 228 Å². The zero-order chi connectivity index (χ0) is 26.3. The van der Waals surface area contributed by atoms with E-state index in [0.717, 1.165) is 68.0 Å². The van der Waals surface area contributed by atoms with Gasteiger partial charge in [-0.05, 0) is 80.3 Å². The van der Waals surface area contributed by atoms with Crippen molar-refractivity contribution in [1.82, 2.24) is 9.80 Å². The molecule has 3 fully saturated rings. The Hall–Kier alpha value is -3.26. The second-order valence-corrected chi connectivity index (χ2v) is 10.8. The highest BCUT2D eigenvalue weighted by Crippen LogP contribution is 2.39. The smallest absolute Gasteiger partial charge is 0.267 e. The predicted molar refractivity (Wildman–Crippen MR) is 152 cm³/mol. The van der Waals surface area contributed by atoms with E-state index in [0.29, 0.717) is 23.0 Å². The molecule has 5 rings (SSSR count). The molecule has 0 aromatic heterocycles. The minimum absolute atomic E-state index is 0.00266. The van der Waals surface area contributed by atoms with Crippen LogP contribution in [0.3, 0.4) is 0 Å². The Morgan fingerprint density at radius 3 is 2.50 bits per heavy atom. The summed E-state index contributed by atoms with van der Waals surface area (Å²) in [5, 5.41) is 0.741. The van der Waals surface area contributed by atoms with E-state index >= 15 is 0 Å². The first-order valence-corrected chi connectivity index (χ1v) is 14.5. The molecule has 2 saturated heterocycles. The normalized spacial score (nSPS) is 20.5. The van der Waals surface area contributed by atoms with Crippen LogP contribution in [0.1, 0.15) is 57.4 Å². The molecule has 1 aliphatic carbocycles. The number of carbonyl (C=O) groups excluding carboxylic acids is 2. The number of benzene rings is 2. The maximum Gasteiger partial charge on any atom is 0.267 e. The van der Waals surface area contributed by atoms with E-state index in [1.165, 1.54) is 18.2 Å². The number of amidine groups is 1. The Bertz CT molecular complexity index is 1200. The number of rotatable bonds is 8. The topological polar surface area (TPSA) is 71.4 Å². The van der Waals surface area contributed by atoms with Crippen LogP contribution in [0.5, 0.6) is 11.5 Å². The van der Waals surface area contributed by atoms with Gasteiger partial charge in [0.1, 0.15) is 0 Å². The molecular formula is C30H35N3O4S. The molecule has 2 heterocycles. The predicted octanol–water partition coefficient (Wildman–Crippen LogP) is 6.02. The van der Waals surface area contributed by atoms with E-state index in [1.54, 1.807) is 0 Å². The highest BCUT2D eigenvalue weighted by molar-refractivity contribution is 8.18. The molecule has 2 amide bonds. The molecule has 0 spiro atoms. The second-order valence-electron chi connectivity index (χ2n) is 9.82. The van der Waals surface area contributed by atoms with Crippen LogP contribution in [-0.2, 0) is 9.59 Å². The SMILES string of the molecule is CCOc1cc(/C=C2/SC(=Nc3ccccc3)N(C3CCCCC3)C2=O)ccc1OCC(=O)N1CCCC1. The molecule has 0 unspecified atom stereocenters. The fourth-order valence-electron chi connectivity index (χ4n) is 5.19. The van der Waals surface area contributed by atoms with Crippen LogP contribution in [-0.4, -0.2) is 59.1 Å². The van der Waals surface area contributed by atoms with E-state index in [-0.39, 0.29) is 24.5 Å². The molecule has 8 heteroatoms. The van der Waals surface area contributed by atoms with Gasteiger partial charge in [-0.15, -0.1) is 0 Å². The average molecular weight is 534 g/mol. The van der Waals surface area contributed by atoms with Crippen molar-refractivity contribution in [3.05, 3.63) is 59.0 Å². The number of ether oxygens (including phenoxy) is 2. The van der Waals surface area contributed by atoms with Crippen LogP contribution >= 0.6 is 11.8 Å². The number of hydrogen-bond donors (Lipinski definition) is 0. The maximum absolute atomic E-state index is 13.6. The summed E-state index contributed by atoms with van der Waals surface area (Å²) in [6, 6.07) is 15.6. The zero-order valence-corrected chi connectivity index (χ0v) is 22.8. The minimum atomic E-state index is -0.00942. The third-order valence-electron chi connectivity index (χ3n) is 7.13. The summed E-state index contributed by atoms with van der Waals surface area (Å²) in [7, 11) is 0. The average Bonchev–Trinajstić information content (AvgIpc) is 3.58. The van der Waals surface area contributed by atoms with Crippen LogP contribution in [0.15, 0.2) is 58.4 Å². The van der Waals surface area contributed by atoms with E-state index in [2.05, 4.69) is 0 Å². The fourth-order valence-corrected chi connectivity index (χ4v) is 6.25. The number of nitrogens with zero attached hydrogens (tertiary/aromatic N) is 3. The van der Waals surface area contributed by atoms with Gasteiger partial charge in [-0.1, -0.05) is 43.5 Å². The first-order chi connectivity index (χ1) is 18.6. The summed E-state index contributed by atoms with van der Waals surface area (Å²) < 4.78 is 11.7. The molecule has 0 atom stereocenters. The van der Waals surface area contributed by atoms with Crippen molar-refractivity contribution in [2.24, 2.45) is 4.99 Å². The molecule has 200 valence electrons. The highest BCUT2D eigenvalue weighted by atomic mass is 32.2. The minimum Gasteiger partial charge on any atom is -0.490 e. The Morgan fingerprint density at radius 1 is 1.00 bits per heavy atom. The summed E-state index contributed by atoms with van der Waals surface area (Å²) in [4.78, 5) is 35.3. The van der Waals surface area contributed by atoms with Crippen LogP contribution in [0, 0.1) is 0 Å². The van der Waals surface area contributed by atoms with E-state index in [1.807, 2.05) is 71.3 Å². The lowest BCUT2D eigenvalue weighted by atomic mass is 9.94. The highest BCUT2D eigenvalue weighted by Gasteiger charge is 2.38. The lowest BCUT2D eigenvalue weighted by Crippen LogP contribution is -2.40. The molecule has 7 nitrogen and oxygen atoms in total. The number of carbonyl (C=O) groups is 2. The first-order valence-electron chi connectivity index (χ1n) is 13.7. The number of para-hydroxylation sites is 1. The molecule has 3 aliphatic rings. The van der Waals surface area contributed by atoms with Crippen LogP contribution < -0.4 is 9.47 Å². The van der Waals surface area contributed by atoms with Crippen molar-refractivity contribution >= 4 is 40.5 Å². The maximum atomic E-state index is 13.6. The van der Waals surface area contributed by atoms with Gasteiger partial charge in [0.2, 0.25) is 0 Å². The molecule has 0 bridgehead atoms. The standard InChI is InChI=1S/C30H35N3O4S/c1-2-36-26-19-22(15-16-25(26)37-21-28(34)32-17-9-10-18-32)20-27-29(35)33(24-13-7-4-8-14-24)30(38-27)31-23-11-5-3-6-12-23/h3,5-6,11-12,15-16,19-20,24H,2,4,7-10,13-14,17-18,21H2,1H3/b27-20+,31-30?. The van der Waals surface area contributed by atoms with Gasteiger partial charge in [-0.3, -0.25) is 14.5 Å². The van der Waals surface area contributed by atoms with E-state index in [9.17, 15) is 9.59 Å². The second kappa shape index (κ2) is 12.5. The lowest BCUT2D eigenvalue weighted by Gasteiger charge is -2.30. The van der Waals surface area contributed by atoms with Gasteiger partial charge in [0.15, 0.2) is 23.3 Å². The molecular weight excluding hydrogens is 498 g/mol. The zero-order valence-electron chi connectivity index (χ0n) is 21.9. The van der Waals surface area contributed by atoms with Gasteiger partial charge in [-0.2, -0.15) is 0 Å². The number of hydrogen-bond acceptors (Lipinski definition) is 6. The quantitative estimate of drug-likeness (QED) is 0.388. The molecule has 0 N–H and O–H groups in total. The van der Waals surface area contributed by atoms with Crippen LogP contribution in [0.25, 0.3) is 6.08 Å². The summed E-state index contributed by atoms with van der Waals surface area (Å²) >= 11 is 1.43. The van der Waals surface area contributed by atoms with Gasteiger partial charge in [0.25, 0.3) is 11.8 Å². The molecule has 0 radical (unpaired) electrons. The summed E-state index contributed by atoms with van der Waals surface area (Å²) in [6.45, 7) is 3.96. The van der Waals surface area contributed by atoms with Crippen molar-refractivity contribution < 1.29 is 19.1 Å². The Morgan fingerprint density at radius 2 is 1.76 bits per heavy atom. The van der Waals surface area contributed by atoms with E-state index < -0.39 is 0 Å². The van der Waals surface area contributed by atoms with Gasteiger partial charge in [0, 0.05) is 19.1 Å². The third kappa shape index (κ3) is 6.23. The Kier molecular flexibility index (Phi) is 8.68. The third-order valence-corrected chi connectivity index (χ3v) is 8.12. The van der Waals surface area contributed by atoms with Crippen molar-refractivity contribution in [3.63, 3.8) is 0 Å². The molecule has 2 aliphatic heterocycles. The lowest BCUT2D eigenvalue weighted by molar-refractivity contribution is -0.132. The summed E-state index contributed by atoms with van der Waals surface area (Å²) in [6.07, 6.45) is 9.49. The number of aliphatic imine (C=N–C) groups is 1. The van der Waals surface area contributed by atoms with Gasteiger partial charge in [-0.25, -0.2) is 4.99 Å². The molecule has 1 saturated carbocycles. The number of likely N-dealkylation sites (tertiary alicyclic amines) is 1. The Balaban J connectivity index is 1.37. The van der Waals surface area contributed by atoms with Crippen molar-refractivity contribution in [2.75, 3.05) is 26.3 Å². The van der Waals surface area contributed by atoms with Crippen molar-refractivity contribution in [3.8, 4) is 11.5 Å². The van der Waals surface area contributed by atoms with Crippen molar-refractivity contribution in [1.29, 1.82) is 0 Å². The van der Waals surface area contributed by atoms with Crippen molar-refractivity contribution in [2.45, 2.75) is 57.9 Å². The molecule has 2 aromatic rings.